The van der Waals surface area contributed by atoms with Gasteiger partial charge in [-0.25, -0.2) is 0 Å². The highest BCUT2D eigenvalue weighted by Gasteiger charge is 2.07. The van der Waals surface area contributed by atoms with Gasteiger partial charge in [-0.2, -0.15) is 5.10 Å². The Hall–Kier alpha value is -1.36. The van der Waals surface area contributed by atoms with Crippen LogP contribution in [0.3, 0.4) is 0 Å². The van der Waals surface area contributed by atoms with Crippen molar-refractivity contribution in [2.45, 2.75) is 52.6 Å². The highest BCUT2D eigenvalue weighted by molar-refractivity contribution is 5.75. The first kappa shape index (κ1) is 15.7. The molecule has 0 radical (unpaired) electrons. The maximum atomic E-state index is 11.7. The first-order valence-electron chi connectivity index (χ1n) is 7.04. The van der Waals surface area contributed by atoms with Crippen LogP contribution < -0.4 is 10.6 Å². The number of amides is 1. The van der Waals surface area contributed by atoms with Crippen LogP contribution in [-0.4, -0.2) is 28.3 Å². The number of aromatic nitrogens is 2. The van der Waals surface area contributed by atoms with Crippen LogP contribution in [0.5, 0.6) is 0 Å². The summed E-state index contributed by atoms with van der Waals surface area (Å²) >= 11 is 0. The Morgan fingerprint density at radius 3 is 2.84 bits per heavy atom. The zero-order valence-corrected chi connectivity index (χ0v) is 12.5. The smallest absolute Gasteiger partial charge is 0.220 e. The van der Waals surface area contributed by atoms with E-state index in [2.05, 4.69) is 36.5 Å². The Balaban J connectivity index is 2.26. The summed E-state index contributed by atoms with van der Waals surface area (Å²) in [6.07, 6.45) is 4.31. The first-order valence-corrected chi connectivity index (χ1v) is 7.04. The number of aryl methyl sites for hydroxylation is 2. The number of nitrogens with zero attached hydrogens (tertiary/aromatic N) is 2. The maximum absolute atomic E-state index is 11.7. The third kappa shape index (κ3) is 5.87. The van der Waals surface area contributed by atoms with Gasteiger partial charge in [0, 0.05) is 37.8 Å². The van der Waals surface area contributed by atoms with Gasteiger partial charge in [-0.15, -0.1) is 0 Å². The number of hydrogen-bond acceptors (Lipinski definition) is 3. The second kappa shape index (κ2) is 7.94. The largest absolute Gasteiger partial charge is 0.352 e. The lowest BCUT2D eigenvalue weighted by Crippen LogP contribution is -2.27. The number of nitrogens with one attached hydrogen (secondary N) is 2. The molecule has 108 valence electrons. The van der Waals surface area contributed by atoms with E-state index in [0.717, 1.165) is 30.6 Å². The van der Waals surface area contributed by atoms with E-state index in [4.69, 9.17) is 0 Å². The van der Waals surface area contributed by atoms with Gasteiger partial charge in [0.1, 0.15) is 0 Å². The van der Waals surface area contributed by atoms with Crippen molar-refractivity contribution in [1.29, 1.82) is 0 Å². The molecule has 0 spiro atoms. The molecule has 1 rings (SSSR count). The molecule has 0 atom stereocenters. The third-order valence-corrected chi connectivity index (χ3v) is 2.94. The van der Waals surface area contributed by atoms with Crippen molar-refractivity contribution in [2.24, 2.45) is 7.05 Å². The third-order valence-electron chi connectivity index (χ3n) is 2.94. The van der Waals surface area contributed by atoms with Crippen LogP contribution in [0.1, 0.15) is 44.9 Å². The molecular weight excluding hydrogens is 240 g/mol. The fraction of sp³-hybridized carbons (Fsp3) is 0.714. The Morgan fingerprint density at radius 1 is 1.47 bits per heavy atom. The van der Waals surface area contributed by atoms with Gasteiger partial charge in [0.25, 0.3) is 0 Å². The van der Waals surface area contributed by atoms with Crippen molar-refractivity contribution in [3.05, 3.63) is 17.5 Å². The molecule has 5 heteroatoms. The van der Waals surface area contributed by atoms with Crippen LogP contribution in [-0.2, 0) is 24.8 Å². The standard InChI is InChI=1S/C14H26N4O/c1-5-13-12(10-18(4)17-13)9-16-14(19)7-6-8-15-11(2)3/h10-11,15H,5-9H2,1-4H3,(H,16,19). The van der Waals surface area contributed by atoms with Gasteiger partial charge < -0.3 is 10.6 Å². The summed E-state index contributed by atoms with van der Waals surface area (Å²) in [5.74, 6) is 0.108. The molecule has 0 unspecified atom stereocenters. The summed E-state index contributed by atoms with van der Waals surface area (Å²) < 4.78 is 1.80. The van der Waals surface area contributed by atoms with E-state index in [9.17, 15) is 4.79 Å². The minimum absolute atomic E-state index is 0.108. The van der Waals surface area contributed by atoms with Crippen molar-refractivity contribution in [2.75, 3.05) is 6.54 Å². The SMILES string of the molecule is CCc1nn(C)cc1CNC(=O)CCCNC(C)C. The molecule has 0 aliphatic rings. The van der Waals surface area contributed by atoms with Crippen molar-refractivity contribution >= 4 is 5.91 Å². The normalized spacial score (nSPS) is 11.0. The molecule has 0 saturated carbocycles. The molecule has 1 aromatic rings. The monoisotopic (exact) mass is 266 g/mol. The maximum Gasteiger partial charge on any atom is 0.220 e. The van der Waals surface area contributed by atoms with Gasteiger partial charge in [-0.05, 0) is 19.4 Å². The summed E-state index contributed by atoms with van der Waals surface area (Å²) in [7, 11) is 1.90. The second-order valence-electron chi connectivity index (χ2n) is 5.12. The van der Waals surface area contributed by atoms with Gasteiger partial charge in [0.2, 0.25) is 5.91 Å². The van der Waals surface area contributed by atoms with Crippen LogP contribution in [0.4, 0.5) is 0 Å². The second-order valence-corrected chi connectivity index (χ2v) is 5.12. The number of hydrogen-bond donors (Lipinski definition) is 2. The van der Waals surface area contributed by atoms with E-state index in [1.54, 1.807) is 4.68 Å². The molecule has 0 bridgehead atoms. The number of rotatable bonds is 8. The van der Waals surface area contributed by atoms with Crippen molar-refractivity contribution < 1.29 is 4.79 Å². The Labute approximate surface area is 115 Å². The summed E-state index contributed by atoms with van der Waals surface area (Å²) in [5, 5.41) is 10.6. The lowest BCUT2D eigenvalue weighted by Gasteiger charge is -2.08. The van der Waals surface area contributed by atoms with E-state index in [-0.39, 0.29) is 5.91 Å². The average Bonchev–Trinajstić information content (AvgIpc) is 2.72. The summed E-state index contributed by atoms with van der Waals surface area (Å²) in [6.45, 7) is 7.75. The lowest BCUT2D eigenvalue weighted by molar-refractivity contribution is -0.121. The van der Waals surface area contributed by atoms with E-state index in [1.165, 1.54) is 0 Å². The molecule has 1 amide bonds. The van der Waals surface area contributed by atoms with E-state index < -0.39 is 0 Å². The predicted octanol–water partition coefficient (Wildman–Crippen LogP) is 1.38. The number of carbonyl (C=O) groups is 1. The quantitative estimate of drug-likeness (QED) is 0.699. The molecule has 5 nitrogen and oxygen atoms in total. The van der Waals surface area contributed by atoms with Gasteiger partial charge >= 0.3 is 0 Å². The summed E-state index contributed by atoms with van der Waals surface area (Å²) in [6, 6.07) is 0.477. The van der Waals surface area contributed by atoms with Gasteiger partial charge in [-0.1, -0.05) is 20.8 Å². The van der Waals surface area contributed by atoms with Crippen LogP contribution in [0.2, 0.25) is 0 Å². The Kier molecular flexibility index (Phi) is 6.56. The minimum Gasteiger partial charge on any atom is -0.352 e. The Morgan fingerprint density at radius 2 is 2.21 bits per heavy atom. The molecule has 0 fully saturated rings. The minimum atomic E-state index is 0.108. The highest BCUT2D eigenvalue weighted by Crippen LogP contribution is 2.06. The predicted molar refractivity (Wildman–Crippen MR) is 76.8 cm³/mol. The zero-order chi connectivity index (χ0) is 14.3. The molecule has 2 N–H and O–H groups in total. The van der Waals surface area contributed by atoms with Crippen molar-refractivity contribution in [3.8, 4) is 0 Å². The van der Waals surface area contributed by atoms with E-state index in [0.29, 0.717) is 19.0 Å². The molecule has 0 aromatic carbocycles. The number of carbonyl (C=O) groups excluding carboxylic acids is 1. The molecule has 19 heavy (non-hydrogen) atoms. The molecule has 1 heterocycles. The molecular formula is C14H26N4O. The topological polar surface area (TPSA) is 59.0 Å². The molecule has 1 aromatic heterocycles. The Bertz CT molecular complexity index is 398. The van der Waals surface area contributed by atoms with Gasteiger partial charge in [0.15, 0.2) is 0 Å². The zero-order valence-electron chi connectivity index (χ0n) is 12.5. The fourth-order valence-corrected chi connectivity index (χ4v) is 1.95. The summed E-state index contributed by atoms with van der Waals surface area (Å²) in [5.41, 5.74) is 2.17. The van der Waals surface area contributed by atoms with Crippen LogP contribution >= 0.6 is 0 Å². The summed E-state index contributed by atoms with van der Waals surface area (Å²) in [4.78, 5) is 11.7. The lowest BCUT2D eigenvalue weighted by atomic mass is 10.2. The molecule has 0 saturated heterocycles. The van der Waals surface area contributed by atoms with E-state index >= 15 is 0 Å². The van der Waals surface area contributed by atoms with Crippen LogP contribution in [0.25, 0.3) is 0 Å². The average molecular weight is 266 g/mol. The molecule has 0 aliphatic carbocycles. The van der Waals surface area contributed by atoms with Gasteiger partial charge in [-0.3, -0.25) is 9.48 Å². The van der Waals surface area contributed by atoms with Crippen molar-refractivity contribution in [3.63, 3.8) is 0 Å². The highest BCUT2D eigenvalue weighted by atomic mass is 16.1. The van der Waals surface area contributed by atoms with Crippen LogP contribution in [0, 0.1) is 0 Å². The molecule has 0 aliphatic heterocycles. The fourth-order valence-electron chi connectivity index (χ4n) is 1.95. The first-order chi connectivity index (χ1) is 9.02. The van der Waals surface area contributed by atoms with E-state index in [1.807, 2.05) is 13.2 Å². The van der Waals surface area contributed by atoms with Crippen LogP contribution in [0.15, 0.2) is 6.20 Å². The van der Waals surface area contributed by atoms with Crippen molar-refractivity contribution in [1.82, 2.24) is 20.4 Å². The van der Waals surface area contributed by atoms with Gasteiger partial charge in [0.05, 0.1) is 5.69 Å².